The lowest BCUT2D eigenvalue weighted by Gasteiger charge is -2.16. The second-order valence-corrected chi connectivity index (χ2v) is 7.73. The molecule has 0 aliphatic rings. The number of hydrogen-bond donors (Lipinski definition) is 0. The highest BCUT2D eigenvalue weighted by Gasteiger charge is 2.21. The molecule has 162 valence electrons. The van der Waals surface area contributed by atoms with Crippen LogP contribution >= 0.6 is 11.3 Å². The average Bonchev–Trinajstić information content (AvgIpc) is 3.46. The van der Waals surface area contributed by atoms with Gasteiger partial charge in [-0.2, -0.15) is 0 Å². The van der Waals surface area contributed by atoms with Crippen LogP contribution in [0.2, 0.25) is 0 Å². The van der Waals surface area contributed by atoms with Gasteiger partial charge in [0.25, 0.3) is 11.6 Å². The fraction of sp³-hybridized carbons (Fsp3) is 0.130. The van der Waals surface area contributed by atoms with Gasteiger partial charge >= 0.3 is 0 Å². The van der Waals surface area contributed by atoms with E-state index in [9.17, 15) is 14.9 Å². The first kappa shape index (κ1) is 21.3. The van der Waals surface area contributed by atoms with Crippen LogP contribution in [0.5, 0.6) is 5.75 Å². The number of ether oxygens (including phenoxy) is 1. The molecular weight excluding hydrogens is 430 g/mol. The highest BCUT2D eigenvalue weighted by atomic mass is 32.1. The van der Waals surface area contributed by atoms with Gasteiger partial charge in [-0.05, 0) is 55.0 Å². The Morgan fingerprint density at radius 1 is 1.22 bits per heavy atom. The Kier molecular flexibility index (Phi) is 6.27. The number of carbonyl (C=O) groups is 1. The molecule has 2 aromatic carbocycles. The minimum Gasteiger partial charge on any atom is -0.492 e. The van der Waals surface area contributed by atoms with E-state index in [4.69, 9.17) is 9.15 Å². The number of nitrogens with zero attached hydrogens (tertiary/aromatic N) is 3. The molecule has 1 amide bonds. The minimum absolute atomic E-state index is 0.00694. The second-order valence-electron chi connectivity index (χ2n) is 6.72. The summed E-state index contributed by atoms with van der Waals surface area (Å²) in [4.78, 5) is 29.7. The largest absolute Gasteiger partial charge is 0.492 e. The van der Waals surface area contributed by atoms with E-state index < -0.39 is 4.92 Å². The van der Waals surface area contributed by atoms with Gasteiger partial charge in [-0.25, -0.2) is 4.98 Å². The molecule has 8 nitrogen and oxygen atoms in total. The van der Waals surface area contributed by atoms with Gasteiger partial charge < -0.3 is 9.15 Å². The maximum absolute atomic E-state index is 13.1. The third-order valence-corrected chi connectivity index (χ3v) is 5.63. The fourth-order valence-electron chi connectivity index (χ4n) is 3.06. The lowest BCUT2D eigenvalue weighted by Crippen LogP contribution is -2.28. The van der Waals surface area contributed by atoms with E-state index in [1.807, 2.05) is 25.1 Å². The van der Waals surface area contributed by atoms with E-state index in [0.717, 1.165) is 4.70 Å². The molecule has 2 heterocycles. The standard InChI is InChI=1S/C23H19N3O5S/c1-2-30-19-6-3-7-20-22(19)24-23(32-20)25(15-18-5-4-14-31-18)21(27)13-10-16-8-11-17(12-9-16)26(28)29/h3-14H,2,15H2,1H3/b13-10-. The Hall–Kier alpha value is -3.98. The van der Waals surface area contributed by atoms with Crippen LogP contribution in [0.4, 0.5) is 10.8 Å². The van der Waals surface area contributed by atoms with Gasteiger partial charge in [-0.3, -0.25) is 19.8 Å². The van der Waals surface area contributed by atoms with E-state index >= 15 is 0 Å². The van der Waals surface area contributed by atoms with E-state index in [1.54, 1.807) is 36.6 Å². The van der Waals surface area contributed by atoms with Crippen molar-refractivity contribution in [3.63, 3.8) is 0 Å². The molecule has 0 aliphatic carbocycles. The topological polar surface area (TPSA) is 98.7 Å². The summed E-state index contributed by atoms with van der Waals surface area (Å²) in [5, 5.41) is 11.3. The maximum Gasteiger partial charge on any atom is 0.269 e. The first-order valence-corrected chi connectivity index (χ1v) is 10.7. The van der Waals surface area contributed by atoms with Crippen LogP contribution in [0.1, 0.15) is 18.2 Å². The van der Waals surface area contributed by atoms with Gasteiger partial charge in [-0.1, -0.05) is 17.4 Å². The predicted molar refractivity (Wildman–Crippen MR) is 123 cm³/mol. The van der Waals surface area contributed by atoms with Crippen LogP contribution in [-0.2, 0) is 11.3 Å². The molecule has 32 heavy (non-hydrogen) atoms. The third kappa shape index (κ3) is 4.68. The molecule has 2 aromatic heterocycles. The Morgan fingerprint density at radius 2 is 2.03 bits per heavy atom. The number of aromatic nitrogens is 1. The van der Waals surface area contributed by atoms with Crippen molar-refractivity contribution in [3.05, 3.63) is 88.4 Å². The van der Waals surface area contributed by atoms with Gasteiger partial charge in [0.05, 0.1) is 29.0 Å². The average molecular weight is 449 g/mol. The number of non-ortho nitro benzene ring substituents is 1. The van der Waals surface area contributed by atoms with Crippen molar-refractivity contribution in [2.75, 3.05) is 11.5 Å². The quantitative estimate of drug-likeness (QED) is 0.202. The molecule has 0 saturated carbocycles. The maximum atomic E-state index is 13.1. The van der Waals surface area contributed by atoms with Gasteiger partial charge in [0.15, 0.2) is 5.13 Å². The van der Waals surface area contributed by atoms with Crippen molar-refractivity contribution in [3.8, 4) is 5.75 Å². The Morgan fingerprint density at radius 3 is 2.72 bits per heavy atom. The van der Waals surface area contributed by atoms with Crippen LogP contribution in [0.25, 0.3) is 16.3 Å². The second kappa shape index (κ2) is 9.44. The fourth-order valence-corrected chi connectivity index (χ4v) is 4.05. The summed E-state index contributed by atoms with van der Waals surface area (Å²) >= 11 is 1.39. The van der Waals surface area contributed by atoms with Crippen molar-refractivity contribution in [1.82, 2.24) is 4.98 Å². The van der Waals surface area contributed by atoms with E-state index in [-0.39, 0.29) is 18.1 Å². The number of amides is 1. The number of fused-ring (bicyclic) bond motifs is 1. The Bertz CT molecular complexity index is 1260. The molecule has 0 N–H and O–H groups in total. The van der Waals surface area contributed by atoms with Crippen LogP contribution in [0.3, 0.4) is 0 Å². The minimum atomic E-state index is -0.465. The van der Waals surface area contributed by atoms with Crippen molar-refractivity contribution < 1.29 is 18.9 Å². The summed E-state index contributed by atoms with van der Waals surface area (Å²) in [6.07, 6.45) is 4.58. The predicted octanol–water partition coefficient (Wildman–Crippen LogP) is 5.44. The molecule has 0 aliphatic heterocycles. The summed E-state index contributed by atoms with van der Waals surface area (Å²) < 4.78 is 12.0. The number of hydrogen-bond acceptors (Lipinski definition) is 7. The van der Waals surface area contributed by atoms with E-state index in [0.29, 0.717) is 34.3 Å². The molecule has 0 bridgehead atoms. The van der Waals surface area contributed by atoms with E-state index in [2.05, 4.69) is 4.98 Å². The first-order valence-electron chi connectivity index (χ1n) is 9.84. The summed E-state index contributed by atoms with van der Waals surface area (Å²) in [5.74, 6) is 0.988. The molecule has 0 spiro atoms. The molecule has 0 fully saturated rings. The summed E-state index contributed by atoms with van der Waals surface area (Å²) in [6, 6.07) is 15.2. The summed E-state index contributed by atoms with van der Waals surface area (Å²) in [5.41, 5.74) is 1.36. The summed E-state index contributed by atoms with van der Waals surface area (Å²) in [7, 11) is 0. The van der Waals surface area contributed by atoms with Crippen LogP contribution in [0, 0.1) is 10.1 Å². The van der Waals surface area contributed by atoms with Gasteiger partial charge in [0.2, 0.25) is 0 Å². The highest BCUT2D eigenvalue weighted by Crippen LogP contribution is 2.35. The van der Waals surface area contributed by atoms with Crippen molar-refractivity contribution in [2.45, 2.75) is 13.5 Å². The lowest BCUT2D eigenvalue weighted by molar-refractivity contribution is -0.384. The van der Waals surface area contributed by atoms with Crippen molar-refractivity contribution in [2.24, 2.45) is 0 Å². The number of carbonyl (C=O) groups excluding carboxylic acids is 1. The molecule has 9 heteroatoms. The zero-order chi connectivity index (χ0) is 22.5. The van der Waals surface area contributed by atoms with Gasteiger partial charge in [0, 0.05) is 18.2 Å². The Balaban J connectivity index is 1.64. The number of anilines is 1. The molecule has 0 unspecified atom stereocenters. The molecule has 0 saturated heterocycles. The van der Waals surface area contributed by atoms with Crippen molar-refractivity contribution >= 4 is 44.4 Å². The monoisotopic (exact) mass is 449 g/mol. The highest BCUT2D eigenvalue weighted by molar-refractivity contribution is 7.22. The van der Waals surface area contributed by atoms with Crippen LogP contribution in [0.15, 0.2) is 71.4 Å². The molecule has 4 aromatic rings. The number of benzene rings is 2. The number of thiazole rings is 1. The lowest BCUT2D eigenvalue weighted by atomic mass is 10.2. The number of nitro groups is 1. The normalized spacial score (nSPS) is 11.2. The molecule has 0 atom stereocenters. The van der Waals surface area contributed by atoms with Crippen LogP contribution in [-0.4, -0.2) is 22.4 Å². The van der Waals surface area contributed by atoms with E-state index in [1.165, 1.54) is 34.4 Å². The smallest absolute Gasteiger partial charge is 0.269 e. The SMILES string of the molecule is CCOc1cccc2sc(N(Cc3ccco3)C(=O)/C=C\c3ccc([N+](=O)[O-])cc3)nc12. The number of nitro benzene ring substituents is 1. The zero-order valence-electron chi connectivity index (χ0n) is 17.1. The third-order valence-electron chi connectivity index (χ3n) is 4.58. The van der Waals surface area contributed by atoms with Gasteiger partial charge in [0.1, 0.15) is 17.0 Å². The number of para-hydroxylation sites is 1. The molecule has 4 rings (SSSR count). The molecule has 0 radical (unpaired) electrons. The zero-order valence-corrected chi connectivity index (χ0v) is 18.0. The first-order chi connectivity index (χ1) is 15.5. The van der Waals surface area contributed by atoms with Crippen molar-refractivity contribution in [1.29, 1.82) is 0 Å². The number of rotatable bonds is 8. The Labute approximate surface area is 187 Å². The molecular formula is C23H19N3O5S. The number of furan rings is 1. The summed E-state index contributed by atoms with van der Waals surface area (Å²) in [6.45, 7) is 2.63. The van der Waals surface area contributed by atoms with Gasteiger partial charge in [-0.15, -0.1) is 0 Å². The van der Waals surface area contributed by atoms with Crippen LogP contribution < -0.4 is 9.64 Å².